The number of hydrogen-bond donors (Lipinski definition) is 2. The van der Waals surface area contributed by atoms with E-state index in [1.54, 1.807) is 0 Å². The van der Waals surface area contributed by atoms with Crippen molar-refractivity contribution >= 4 is 29.4 Å². The summed E-state index contributed by atoms with van der Waals surface area (Å²) in [6.45, 7) is 1.43. The van der Waals surface area contributed by atoms with Gasteiger partial charge in [0.05, 0.1) is 18.4 Å². The lowest BCUT2D eigenvalue weighted by Crippen LogP contribution is -2.37. The van der Waals surface area contributed by atoms with Crippen molar-refractivity contribution in [1.82, 2.24) is 10.7 Å². The third-order valence-electron chi connectivity index (χ3n) is 2.66. The fourth-order valence-electron chi connectivity index (χ4n) is 1.72. The van der Waals surface area contributed by atoms with Gasteiger partial charge in [0.2, 0.25) is 0 Å². The highest BCUT2D eigenvalue weighted by molar-refractivity contribution is 7.80. The van der Waals surface area contributed by atoms with E-state index in [9.17, 15) is 10.1 Å². The van der Waals surface area contributed by atoms with Crippen molar-refractivity contribution in [2.45, 2.75) is 18.9 Å². The van der Waals surface area contributed by atoms with Crippen LogP contribution in [0.1, 0.15) is 18.6 Å². The molecule has 2 heterocycles. The second-order valence-electron chi connectivity index (χ2n) is 4.15. The third-order valence-corrected chi connectivity index (χ3v) is 2.90. The first-order valence-electron chi connectivity index (χ1n) is 6.08. The van der Waals surface area contributed by atoms with Crippen LogP contribution in [0.3, 0.4) is 0 Å². The summed E-state index contributed by atoms with van der Waals surface area (Å²) in [4.78, 5) is 9.80. The quantitative estimate of drug-likeness (QED) is 0.364. The molecule has 0 amide bonds. The molecule has 0 saturated carbocycles. The Bertz CT molecular complexity index is 510. The summed E-state index contributed by atoms with van der Waals surface area (Å²) >= 11 is 5.02. The second-order valence-corrected chi connectivity index (χ2v) is 4.56. The van der Waals surface area contributed by atoms with Crippen molar-refractivity contribution < 1.29 is 14.1 Å². The Hall–Kier alpha value is -2.00. The van der Waals surface area contributed by atoms with Gasteiger partial charge >= 0.3 is 5.88 Å². The van der Waals surface area contributed by atoms with Crippen LogP contribution in [0.4, 0.5) is 5.88 Å². The Morgan fingerprint density at radius 2 is 2.50 bits per heavy atom. The molecule has 1 aromatic heterocycles. The summed E-state index contributed by atoms with van der Waals surface area (Å²) in [6.07, 6.45) is 3.59. The summed E-state index contributed by atoms with van der Waals surface area (Å²) in [5, 5.41) is 17.6. The van der Waals surface area contributed by atoms with Crippen LogP contribution in [0.15, 0.2) is 21.7 Å². The molecule has 20 heavy (non-hydrogen) atoms. The van der Waals surface area contributed by atoms with Gasteiger partial charge in [0, 0.05) is 13.2 Å². The molecule has 0 radical (unpaired) electrons. The normalized spacial score (nSPS) is 18.3. The minimum absolute atomic E-state index is 0.187. The summed E-state index contributed by atoms with van der Waals surface area (Å²) in [5.74, 6) is -0.0586. The third kappa shape index (κ3) is 4.28. The highest BCUT2D eigenvalue weighted by Crippen LogP contribution is 2.13. The van der Waals surface area contributed by atoms with Crippen molar-refractivity contribution in [1.29, 1.82) is 0 Å². The maximum absolute atomic E-state index is 10.4. The fraction of sp³-hybridized carbons (Fsp3) is 0.455. The van der Waals surface area contributed by atoms with Gasteiger partial charge in [0.25, 0.3) is 0 Å². The van der Waals surface area contributed by atoms with Crippen LogP contribution in [-0.4, -0.2) is 35.5 Å². The van der Waals surface area contributed by atoms with Crippen LogP contribution in [-0.2, 0) is 4.74 Å². The van der Waals surface area contributed by atoms with E-state index >= 15 is 0 Å². The molecule has 0 aliphatic carbocycles. The van der Waals surface area contributed by atoms with E-state index in [0.29, 0.717) is 11.7 Å². The Morgan fingerprint density at radius 1 is 1.65 bits per heavy atom. The second kappa shape index (κ2) is 6.96. The predicted octanol–water partition coefficient (Wildman–Crippen LogP) is 1.16. The van der Waals surface area contributed by atoms with E-state index in [1.165, 1.54) is 18.3 Å². The number of furan rings is 1. The van der Waals surface area contributed by atoms with Crippen LogP contribution in [0.25, 0.3) is 0 Å². The molecule has 2 N–H and O–H groups in total. The average Bonchev–Trinajstić information content (AvgIpc) is 3.07. The van der Waals surface area contributed by atoms with Crippen molar-refractivity contribution in [3.8, 4) is 0 Å². The molecule has 1 aliphatic rings. The zero-order valence-electron chi connectivity index (χ0n) is 10.6. The number of nitrogens with one attached hydrogen (secondary N) is 2. The Balaban J connectivity index is 1.71. The van der Waals surface area contributed by atoms with Crippen LogP contribution in [0.5, 0.6) is 0 Å². The molecule has 1 saturated heterocycles. The molecule has 1 fully saturated rings. The lowest BCUT2D eigenvalue weighted by Gasteiger charge is -2.11. The molecule has 1 atom stereocenters. The summed E-state index contributed by atoms with van der Waals surface area (Å²) in [5.41, 5.74) is 2.60. The highest BCUT2D eigenvalue weighted by Gasteiger charge is 2.15. The minimum Gasteiger partial charge on any atom is -0.400 e. The zero-order chi connectivity index (χ0) is 14.4. The Labute approximate surface area is 120 Å². The van der Waals surface area contributed by atoms with Gasteiger partial charge in [-0.25, -0.2) is 0 Å². The molecule has 0 bridgehead atoms. The van der Waals surface area contributed by atoms with E-state index in [1.807, 2.05) is 0 Å². The number of hydrogen-bond acceptors (Lipinski definition) is 6. The van der Waals surface area contributed by atoms with E-state index in [-0.39, 0.29) is 17.7 Å². The summed E-state index contributed by atoms with van der Waals surface area (Å²) in [6, 6.07) is 2.71. The van der Waals surface area contributed by atoms with Gasteiger partial charge in [-0.2, -0.15) is 5.10 Å². The molecule has 2 rings (SSSR count). The molecule has 9 heteroatoms. The largest absolute Gasteiger partial charge is 0.433 e. The number of thiocarbonyl (C=S) groups is 1. The molecule has 0 spiro atoms. The molecule has 108 valence electrons. The smallest absolute Gasteiger partial charge is 0.400 e. The monoisotopic (exact) mass is 298 g/mol. The van der Waals surface area contributed by atoms with Crippen molar-refractivity contribution in [3.05, 3.63) is 28.0 Å². The molecule has 1 aliphatic heterocycles. The summed E-state index contributed by atoms with van der Waals surface area (Å²) < 4.78 is 10.3. The van der Waals surface area contributed by atoms with Gasteiger partial charge in [0.15, 0.2) is 10.9 Å². The Kier molecular flexibility index (Phi) is 5.02. The first kappa shape index (κ1) is 14.4. The van der Waals surface area contributed by atoms with Crippen molar-refractivity contribution in [2.24, 2.45) is 5.10 Å². The van der Waals surface area contributed by atoms with Crippen LogP contribution in [0.2, 0.25) is 0 Å². The van der Waals surface area contributed by atoms with Gasteiger partial charge in [0.1, 0.15) is 4.92 Å². The van der Waals surface area contributed by atoms with E-state index in [4.69, 9.17) is 21.4 Å². The van der Waals surface area contributed by atoms with Crippen LogP contribution >= 0.6 is 12.2 Å². The van der Waals surface area contributed by atoms with Crippen LogP contribution < -0.4 is 10.7 Å². The zero-order valence-corrected chi connectivity index (χ0v) is 11.4. The number of nitro groups is 1. The van der Waals surface area contributed by atoms with Gasteiger partial charge in [-0.3, -0.25) is 15.5 Å². The first-order chi connectivity index (χ1) is 9.65. The highest BCUT2D eigenvalue weighted by atomic mass is 32.1. The molecule has 1 aromatic rings. The molecule has 0 unspecified atom stereocenters. The standard InChI is InChI=1S/C11H14N4O4S/c16-15(17)10-4-3-9(19-10)7-13-14-11(20)12-6-8-2-1-5-18-8/h3-4,7-8H,1-2,5-6H2,(H2,12,14,20)/b13-7-/t8-/m0/s1. The van der Waals surface area contributed by atoms with Crippen LogP contribution in [0, 0.1) is 10.1 Å². The minimum atomic E-state index is -0.613. The van der Waals surface area contributed by atoms with Crippen molar-refractivity contribution in [2.75, 3.05) is 13.2 Å². The topological polar surface area (TPSA) is 102 Å². The Morgan fingerprint density at radius 3 is 3.15 bits per heavy atom. The van der Waals surface area contributed by atoms with Gasteiger partial charge in [-0.1, -0.05) is 0 Å². The summed E-state index contributed by atoms with van der Waals surface area (Å²) in [7, 11) is 0. The van der Waals surface area contributed by atoms with Gasteiger partial charge < -0.3 is 14.5 Å². The number of nitrogens with zero attached hydrogens (tertiary/aromatic N) is 2. The van der Waals surface area contributed by atoms with Gasteiger partial charge in [-0.15, -0.1) is 0 Å². The number of rotatable bonds is 5. The first-order valence-corrected chi connectivity index (χ1v) is 6.48. The SMILES string of the molecule is O=[N+]([O-])c1ccc(/C=N\NC(=S)NC[C@@H]2CCCO2)o1. The lowest BCUT2D eigenvalue weighted by atomic mass is 10.2. The molecular formula is C11H14N4O4S. The maximum Gasteiger partial charge on any atom is 0.433 e. The van der Waals surface area contributed by atoms with Crippen molar-refractivity contribution in [3.63, 3.8) is 0 Å². The number of hydrazone groups is 1. The molecular weight excluding hydrogens is 284 g/mol. The van der Waals surface area contributed by atoms with E-state index in [0.717, 1.165) is 19.4 Å². The average molecular weight is 298 g/mol. The predicted molar refractivity (Wildman–Crippen MR) is 75.7 cm³/mol. The maximum atomic E-state index is 10.4. The molecule has 8 nitrogen and oxygen atoms in total. The lowest BCUT2D eigenvalue weighted by molar-refractivity contribution is -0.402. The number of ether oxygens (including phenoxy) is 1. The molecule has 0 aromatic carbocycles. The fourth-order valence-corrected chi connectivity index (χ4v) is 1.85. The van der Waals surface area contributed by atoms with E-state index in [2.05, 4.69) is 15.8 Å². The van der Waals surface area contributed by atoms with Gasteiger partial charge in [-0.05, 0) is 31.1 Å². The van der Waals surface area contributed by atoms with E-state index < -0.39 is 4.92 Å².